The highest BCUT2D eigenvalue weighted by Gasteiger charge is 2.27. The largest absolute Gasteiger partial charge is 0.252 e. The molecule has 0 N–H and O–H groups in total. The summed E-state index contributed by atoms with van der Waals surface area (Å²) in [6, 6.07) is 0. The standard InChI is InChI=1S/C13H9F6N/c1-2-3-4-5-8(14)6-7(10(16)9(5)15)12(18)20-13(19)11(6)17/h2-4H2,1H3. The SMILES string of the molecule is CCCCc1c(F)c(F)c2c(F)nc(F)c(F)c2c1F. The van der Waals surface area contributed by atoms with Crippen molar-refractivity contribution in [3.8, 4) is 0 Å². The van der Waals surface area contributed by atoms with Crippen LogP contribution >= 0.6 is 0 Å². The van der Waals surface area contributed by atoms with E-state index in [0.29, 0.717) is 12.8 Å². The Kier molecular flexibility index (Phi) is 3.87. The molecule has 0 saturated heterocycles. The summed E-state index contributed by atoms with van der Waals surface area (Å²) >= 11 is 0. The molecule has 20 heavy (non-hydrogen) atoms. The van der Waals surface area contributed by atoms with Gasteiger partial charge in [0.15, 0.2) is 17.5 Å². The number of halogens is 6. The minimum atomic E-state index is -1.90. The molecule has 0 aliphatic rings. The van der Waals surface area contributed by atoms with Crippen LogP contribution in [-0.4, -0.2) is 4.98 Å². The second kappa shape index (κ2) is 5.30. The molecule has 2 rings (SSSR count). The van der Waals surface area contributed by atoms with Gasteiger partial charge in [0.25, 0.3) is 5.95 Å². The Balaban J connectivity index is 2.90. The second-order valence-corrected chi connectivity index (χ2v) is 4.28. The zero-order chi connectivity index (χ0) is 15.0. The van der Waals surface area contributed by atoms with Gasteiger partial charge in [-0.15, -0.1) is 0 Å². The smallest absolute Gasteiger partial charge is 0.206 e. The summed E-state index contributed by atoms with van der Waals surface area (Å²) in [6.07, 6.45) is 0.669. The molecule has 1 aromatic carbocycles. The van der Waals surface area contributed by atoms with E-state index in [1.165, 1.54) is 0 Å². The van der Waals surface area contributed by atoms with Gasteiger partial charge in [0, 0.05) is 5.56 Å². The minimum Gasteiger partial charge on any atom is -0.206 e. The topological polar surface area (TPSA) is 12.9 Å². The molecule has 0 radical (unpaired) electrons. The summed E-state index contributed by atoms with van der Waals surface area (Å²) < 4.78 is 81.3. The van der Waals surface area contributed by atoms with Crippen LogP contribution in [0.5, 0.6) is 0 Å². The fourth-order valence-electron chi connectivity index (χ4n) is 1.98. The van der Waals surface area contributed by atoms with E-state index < -0.39 is 51.5 Å². The Morgan fingerprint density at radius 1 is 0.750 bits per heavy atom. The van der Waals surface area contributed by atoms with Crippen molar-refractivity contribution in [3.05, 3.63) is 40.7 Å². The number of rotatable bonds is 3. The average Bonchev–Trinajstić information content (AvgIpc) is 2.40. The van der Waals surface area contributed by atoms with Crippen molar-refractivity contribution >= 4 is 10.8 Å². The molecule has 0 spiro atoms. The Morgan fingerprint density at radius 3 is 2.00 bits per heavy atom. The molecule has 0 bridgehead atoms. The van der Waals surface area contributed by atoms with E-state index in [4.69, 9.17) is 0 Å². The van der Waals surface area contributed by atoms with Crippen molar-refractivity contribution in [2.75, 3.05) is 0 Å². The summed E-state index contributed by atoms with van der Waals surface area (Å²) in [5.74, 6) is -10.4. The van der Waals surface area contributed by atoms with Crippen LogP contribution in [0.3, 0.4) is 0 Å². The molecule has 0 aliphatic heterocycles. The molecule has 0 atom stereocenters. The molecule has 0 aliphatic carbocycles. The van der Waals surface area contributed by atoms with Crippen LogP contribution in [0.1, 0.15) is 25.3 Å². The maximum absolute atomic E-state index is 14.0. The number of benzene rings is 1. The molecule has 0 saturated carbocycles. The van der Waals surface area contributed by atoms with E-state index in [1.807, 2.05) is 0 Å². The first kappa shape index (κ1) is 14.6. The molecule has 0 unspecified atom stereocenters. The highest BCUT2D eigenvalue weighted by Crippen LogP contribution is 2.32. The lowest BCUT2D eigenvalue weighted by Gasteiger charge is -2.11. The maximum Gasteiger partial charge on any atom is 0.252 e. The molecular weight excluding hydrogens is 284 g/mol. The molecule has 1 heterocycles. The fourth-order valence-corrected chi connectivity index (χ4v) is 1.98. The molecule has 0 fully saturated rings. The van der Waals surface area contributed by atoms with Crippen LogP contribution in [0.4, 0.5) is 26.3 Å². The lowest BCUT2D eigenvalue weighted by Crippen LogP contribution is -2.07. The Morgan fingerprint density at radius 2 is 1.40 bits per heavy atom. The molecule has 7 heteroatoms. The van der Waals surface area contributed by atoms with E-state index in [9.17, 15) is 26.3 Å². The number of aromatic nitrogens is 1. The Hall–Kier alpha value is -1.79. The first-order valence-electron chi connectivity index (χ1n) is 5.89. The lowest BCUT2D eigenvalue weighted by molar-refractivity contribution is 0.443. The summed E-state index contributed by atoms with van der Waals surface area (Å²) in [5.41, 5.74) is -0.722. The third-order valence-corrected chi connectivity index (χ3v) is 3.00. The fraction of sp³-hybridized carbons (Fsp3) is 0.308. The quantitative estimate of drug-likeness (QED) is 0.464. The predicted octanol–water partition coefficient (Wildman–Crippen LogP) is 4.41. The summed E-state index contributed by atoms with van der Waals surface area (Å²) in [6.45, 7) is 1.73. The number of pyridine rings is 1. The van der Waals surface area contributed by atoms with Gasteiger partial charge in [-0.1, -0.05) is 13.3 Å². The number of hydrogen-bond acceptors (Lipinski definition) is 1. The van der Waals surface area contributed by atoms with Crippen LogP contribution in [0.15, 0.2) is 0 Å². The van der Waals surface area contributed by atoms with Gasteiger partial charge in [0.05, 0.1) is 10.8 Å². The molecule has 0 amide bonds. The molecule has 2 aromatic rings. The van der Waals surface area contributed by atoms with Crippen molar-refractivity contribution in [2.45, 2.75) is 26.2 Å². The molecule has 1 nitrogen and oxygen atoms in total. The van der Waals surface area contributed by atoms with Crippen molar-refractivity contribution < 1.29 is 26.3 Å². The van der Waals surface area contributed by atoms with Crippen molar-refractivity contribution in [3.63, 3.8) is 0 Å². The van der Waals surface area contributed by atoms with Crippen LogP contribution in [-0.2, 0) is 6.42 Å². The first-order valence-corrected chi connectivity index (χ1v) is 5.89. The van der Waals surface area contributed by atoms with Crippen molar-refractivity contribution in [1.29, 1.82) is 0 Å². The van der Waals surface area contributed by atoms with E-state index in [0.717, 1.165) is 0 Å². The number of nitrogens with zero attached hydrogens (tertiary/aromatic N) is 1. The van der Waals surface area contributed by atoms with Crippen molar-refractivity contribution in [2.24, 2.45) is 0 Å². The normalized spacial score (nSPS) is 11.3. The highest BCUT2D eigenvalue weighted by molar-refractivity contribution is 5.85. The predicted molar refractivity (Wildman–Crippen MR) is 60.1 cm³/mol. The lowest BCUT2D eigenvalue weighted by atomic mass is 10.0. The van der Waals surface area contributed by atoms with Gasteiger partial charge in [-0.3, -0.25) is 0 Å². The monoisotopic (exact) mass is 293 g/mol. The highest BCUT2D eigenvalue weighted by atomic mass is 19.2. The van der Waals surface area contributed by atoms with Crippen LogP contribution in [0.2, 0.25) is 0 Å². The number of unbranched alkanes of at least 4 members (excludes halogenated alkanes) is 1. The van der Waals surface area contributed by atoms with Gasteiger partial charge in [0.1, 0.15) is 5.82 Å². The van der Waals surface area contributed by atoms with E-state index >= 15 is 0 Å². The summed E-state index contributed by atoms with van der Waals surface area (Å²) in [5, 5.41) is -2.57. The van der Waals surface area contributed by atoms with Gasteiger partial charge in [-0.25, -0.2) is 17.6 Å². The number of fused-ring (bicyclic) bond motifs is 1. The van der Waals surface area contributed by atoms with Gasteiger partial charge < -0.3 is 0 Å². The van der Waals surface area contributed by atoms with Crippen LogP contribution < -0.4 is 0 Å². The zero-order valence-corrected chi connectivity index (χ0v) is 10.3. The van der Waals surface area contributed by atoms with E-state index in [-0.39, 0.29) is 6.42 Å². The minimum absolute atomic E-state index is 0.202. The summed E-state index contributed by atoms with van der Waals surface area (Å²) in [4.78, 5) is 2.45. The van der Waals surface area contributed by atoms with Crippen molar-refractivity contribution in [1.82, 2.24) is 4.98 Å². The van der Waals surface area contributed by atoms with Crippen LogP contribution in [0.25, 0.3) is 10.8 Å². The van der Waals surface area contributed by atoms with Gasteiger partial charge in [-0.05, 0) is 12.8 Å². The van der Waals surface area contributed by atoms with E-state index in [1.54, 1.807) is 6.92 Å². The Labute approximate surface area is 110 Å². The van der Waals surface area contributed by atoms with Gasteiger partial charge in [0.2, 0.25) is 5.95 Å². The molecular formula is C13H9F6N. The average molecular weight is 293 g/mol. The van der Waals surface area contributed by atoms with Gasteiger partial charge >= 0.3 is 0 Å². The van der Waals surface area contributed by atoms with Crippen LogP contribution in [0, 0.1) is 35.2 Å². The maximum atomic E-state index is 14.0. The first-order chi connectivity index (χ1) is 9.40. The summed E-state index contributed by atoms with van der Waals surface area (Å²) in [7, 11) is 0. The molecule has 108 valence electrons. The number of hydrogen-bond donors (Lipinski definition) is 0. The Bertz CT molecular complexity index is 683. The molecule has 1 aromatic heterocycles. The third kappa shape index (κ3) is 2.10. The second-order valence-electron chi connectivity index (χ2n) is 4.28. The zero-order valence-electron chi connectivity index (χ0n) is 10.3. The van der Waals surface area contributed by atoms with E-state index in [2.05, 4.69) is 4.98 Å². The van der Waals surface area contributed by atoms with Gasteiger partial charge in [-0.2, -0.15) is 13.8 Å². The third-order valence-electron chi connectivity index (χ3n) is 3.00.